The molecule has 9 nitrogen and oxygen atoms in total. The summed E-state index contributed by atoms with van der Waals surface area (Å²) in [7, 11) is -2.07. The zero-order valence-corrected chi connectivity index (χ0v) is 18.8. The van der Waals surface area contributed by atoms with Crippen molar-refractivity contribution in [1.29, 1.82) is 0 Å². The monoisotopic (exact) mass is 460 g/mol. The van der Waals surface area contributed by atoms with Crippen molar-refractivity contribution in [1.82, 2.24) is 10.2 Å². The van der Waals surface area contributed by atoms with Crippen LogP contribution in [0.1, 0.15) is 37.8 Å². The summed E-state index contributed by atoms with van der Waals surface area (Å²) in [5.74, 6) is -1.10. The van der Waals surface area contributed by atoms with Gasteiger partial charge in [-0.3, -0.25) is 19.3 Å². The fourth-order valence-electron chi connectivity index (χ4n) is 3.93. The summed E-state index contributed by atoms with van der Waals surface area (Å²) in [6.45, 7) is 1.32. The first kappa shape index (κ1) is 22.1. The molecule has 170 valence electrons. The Morgan fingerprint density at radius 3 is 2.53 bits per heavy atom. The molecule has 3 amide bonds. The average molecular weight is 461 g/mol. The number of ether oxygens (including phenoxy) is 2. The maximum absolute atomic E-state index is 13.3. The Kier molecular flexibility index (Phi) is 5.58. The molecule has 2 aliphatic carbocycles. The highest BCUT2D eigenvalue weighted by molar-refractivity contribution is 7.90. The normalized spacial score (nSPS) is 19.1. The van der Waals surface area contributed by atoms with E-state index in [1.54, 1.807) is 24.3 Å². The Bertz CT molecular complexity index is 1180. The van der Waals surface area contributed by atoms with Gasteiger partial charge in [-0.1, -0.05) is 12.1 Å². The highest BCUT2D eigenvalue weighted by Crippen LogP contribution is 2.41. The lowest BCUT2D eigenvalue weighted by Gasteiger charge is -2.26. The standard InChI is InChI=1S/C22H24N2O7S/c1-12(25)23-16-8-7-15-20(16)22(27)24(21(15)26)17(11-32(3,28)29)13-4-9-18(30-2)19(10-13)31-14-5-6-14/h4,7,9-10,14,17H,5-6,8,11H2,1-3H3,(H,23,25)/t17-/m0/s1. The molecular formula is C22H24N2O7S. The topological polar surface area (TPSA) is 119 Å². The number of carbonyl (C=O) groups excluding carboxylic acids is 3. The molecule has 0 spiro atoms. The van der Waals surface area contributed by atoms with Crippen LogP contribution in [0.5, 0.6) is 11.5 Å². The van der Waals surface area contributed by atoms with Crippen LogP contribution < -0.4 is 14.8 Å². The van der Waals surface area contributed by atoms with E-state index in [0.717, 1.165) is 24.0 Å². The van der Waals surface area contributed by atoms with Crippen molar-refractivity contribution in [3.63, 3.8) is 0 Å². The Balaban J connectivity index is 1.76. The summed E-state index contributed by atoms with van der Waals surface area (Å²) >= 11 is 0. The fourth-order valence-corrected chi connectivity index (χ4v) is 4.84. The van der Waals surface area contributed by atoms with Crippen LogP contribution in [0, 0.1) is 0 Å². The van der Waals surface area contributed by atoms with E-state index in [4.69, 9.17) is 9.47 Å². The van der Waals surface area contributed by atoms with Crippen LogP contribution in [0.25, 0.3) is 0 Å². The number of likely N-dealkylation sites (tertiary alicyclic amines) is 1. The zero-order valence-electron chi connectivity index (χ0n) is 18.0. The van der Waals surface area contributed by atoms with Crippen molar-refractivity contribution in [3.8, 4) is 11.5 Å². The second kappa shape index (κ2) is 8.09. The number of methoxy groups -OCH3 is 1. The van der Waals surface area contributed by atoms with Crippen molar-refractivity contribution in [2.75, 3.05) is 19.1 Å². The van der Waals surface area contributed by atoms with Crippen LogP contribution in [-0.2, 0) is 24.2 Å². The third kappa shape index (κ3) is 4.27. The first-order chi connectivity index (χ1) is 15.1. The lowest BCUT2D eigenvalue weighted by atomic mass is 10.1. The number of hydrogen-bond acceptors (Lipinski definition) is 7. The van der Waals surface area contributed by atoms with E-state index in [1.165, 1.54) is 14.0 Å². The Hall–Kier alpha value is -3.14. The molecule has 3 aliphatic rings. The number of nitrogens with zero attached hydrogens (tertiary/aromatic N) is 1. The summed E-state index contributed by atoms with van der Waals surface area (Å²) in [5, 5.41) is 2.60. The van der Waals surface area contributed by atoms with Crippen LogP contribution in [-0.4, -0.2) is 56.3 Å². The van der Waals surface area contributed by atoms with Gasteiger partial charge in [-0.05, 0) is 30.5 Å². The van der Waals surface area contributed by atoms with E-state index in [2.05, 4.69) is 5.32 Å². The Labute approximate surface area is 186 Å². The minimum atomic E-state index is -3.57. The van der Waals surface area contributed by atoms with Gasteiger partial charge >= 0.3 is 0 Å². The molecule has 0 unspecified atom stereocenters. The number of benzene rings is 1. The maximum Gasteiger partial charge on any atom is 0.263 e. The summed E-state index contributed by atoms with van der Waals surface area (Å²) in [5.41, 5.74) is 1.08. The van der Waals surface area contributed by atoms with Gasteiger partial charge in [0, 0.05) is 25.3 Å². The maximum atomic E-state index is 13.3. The van der Waals surface area contributed by atoms with Crippen molar-refractivity contribution in [3.05, 3.63) is 46.7 Å². The molecule has 1 aromatic rings. The highest BCUT2D eigenvalue weighted by atomic mass is 32.2. The van der Waals surface area contributed by atoms with Crippen LogP contribution in [0.3, 0.4) is 0 Å². The molecule has 10 heteroatoms. The quantitative estimate of drug-likeness (QED) is 0.583. The molecule has 1 atom stereocenters. The van der Waals surface area contributed by atoms with Gasteiger partial charge in [-0.2, -0.15) is 0 Å². The lowest BCUT2D eigenvalue weighted by molar-refractivity contribution is -0.139. The second-order valence-electron chi connectivity index (χ2n) is 8.17. The number of carbonyl (C=O) groups is 3. The molecule has 4 rings (SSSR count). The molecule has 1 aromatic carbocycles. The van der Waals surface area contributed by atoms with Gasteiger partial charge in [0.1, 0.15) is 9.84 Å². The minimum absolute atomic E-state index is 0.0671. The number of imide groups is 1. The van der Waals surface area contributed by atoms with Crippen LogP contribution in [0.4, 0.5) is 0 Å². The van der Waals surface area contributed by atoms with Gasteiger partial charge in [0.2, 0.25) is 5.91 Å². The molecular weight excluding hydrogens is 436 g/mol. The molecule has 0 radical (unpaired) electrons. The van der Waals surface area contributed by atoms with Crippen molar-refractivity contribution in [2.24, 2.45) is 0 Å². The number of allylic oxidation sites excluding steroid dienone is 1. The summed E-state index contributed by atoms with van der Waals surface area (Å²) in [6.07, 6.45) is 4.78. The zero-order chi connectivity index (χ0) is 23.2. The minimum Gasteiger partial charge on any atom is -0.493 e. The fraction of sp³-hybridized carbons (Fsp3) is 0.409. The number of rotatable bonds is 8. The Morgan fingerprint density at radius 2 is 1.94 bits per heavy atom. The van der Waals surface area contributed by atoms with E-state index in [0.29, 0.717) is 22.8 Å². The Morgan fingerprint density at radius 1 is 1.22 bits per heavy atom. The molecule has 1 N–H and O–H groups in total. The third-order valence-electron chi connectivity index (χ3n) is 5.45. The third-order valence-corrected chi connectivity index (χ3v) is 6.37. The smallest absolute Gasteiger partial charge is 0.263 e. The van der Waals surface area contributed by atoms with E-state index in [9.17, 15) is 22.8 Å². The summed E-state index contributed by atoms with van der Waals surface area (Å²) in [6, 6.07) is 3.82. The predicted molar refractivity (Wildman–Crippen MR) is 114 cm³/mol. The summed E-state index contributed by atoms with van der Waals surface area (Å²) in [4.78, 5) is 38.9. The average Bonchev–Trinajstić information content (AvgIpc) is 3.36. The van der Waals surface area contributed by atoms with E-state index < -0.39 is 33.4 Å². The first-order valence-electron chi connectivity index (χ1n) is 10.2. The number of hydrogen-bond donors (Lipinski definition) is 1. The molecule has 0 aromatic heterocycles. The molecule has 32 heavy (non-hydrogen) atoms. The molecule has 1 heterocycles. The van der Waals surface area contributed by atoms with Crippen LogP contribution in [0.2, 0.25) is 0 Å². The number of nitrogens with one attached hydrogen (secondary N) is 1. The molecule has 0 bridgehead atoms. The van der Waals surface area contributed by atoms with Gasteiger partial charge in [0.25, 0.3) is 11.8 Å². The van der Waals surface area contributed by atoms with E-state index in [-0.39, 0.29) is 29.6 Å². The molecule has 2 fully saturated rings. The van der Waals surface area contributed by atoms with Gasteiger partial charge in [0.05, 0.1) is 36.2 Å². The lowest BCUT2D eigenvalue weighted by Crippen LogP contribution is -2.38. The molecule has 1 saturated heterocycles. The SMILES string of the molecule is COc1ccc([C@H](CS(C)(=O)=O)N2C(=O)C3=CCC(NC(C)=O)=C3C2=O)cc1OC1CC1. The molecule has 1 saturated carbocycles. The number of amides is 3. The van der Waals surface area contributed by atoms with Crippen molar-refractivity contribution < 1.29 is 32.3 Å². The number of fused-ring (bicyclic) bond motifs is 1. The first-order valence-corrected chi connectivity index (χ1v) is 12.3. The molecule has 1 aliphatic heterocycles. The highest BCUT2D eigenvalue weighted by Gasteiger charge is 2.47. The van der Waals surface area contributed by atoms with Gasteiger partial charge in [-0.15, -0.1) is 0 Å². The largest absolute Gasteiger partial charge is 0.493 e. The van der Waals surface area contributed by atoms with Crippen LogP contribution in [0.15, 0.2) is 41.1 Å². The van der Waals surface area contributed by atoms with Crippen LogP contribution >= 0.6 is 0 Å². The number of sulfone groups is 1. The van der Waals surface area contributed by atoms with E-state index >= 15 is 0 Å². The second-order valence-corrected chi connectivity index (χ2v) is 10.4. The van der Waals surface area contributed by atoms with Gasteiger partial charge < -0.3 is 14.8 Å². The summed E-state index contributed by atoms with van der Waals surface area (Å²) < 4.78 is 35.7. The van der Waals surface area contributed by atoms with Gasteiger partial charge in [-0.25, -0.2) is 8.42 Å². The predicted octanol–water partition coefficient (Wildman–Crippen LogP) is 1.41. The van der Waals surface area contributed by atoms with Crippen molar-refractivity contribution >= 4 is 27.6 Å². The van der Waals surface area contributed by atoms with Gasteiger partial charge in [0.15, 0.2) is 11.5 Å². The van der Waals surface area contributed by atoms with Crippen molar-refractivity contribution in [2.45, 2.75) is 38.3 Å². The van der Waals surface area contributed by atoms with E-state index in [1.807, 2.05) is 0 Å².